The normalized spacial score (nSPS) is 10.3. The summed E-state index contributed by atoms with van der Waals surface area (Å²) in [5.74, 6) is -0.181. The summed E-state index contributed by atoms with van der Waals surface area (Å²) in [5.41, 5.74) is 7.81. The van der Waals surface area contributed by atoms with Crippen LogP contribution in [-0.2, 0) is 13.0 Å². The van der Waals surface area contributed by atoms with E-state index in [2.05, 4.69) is 15.3 Å². The lowest BCUT2D eigenvalue weighted by Gasteiger charge is -2.09. The molecule has 0 spiro atoms. The number of hydrogen-bond donors (Lipinski definition) is 2. The highest BCUT2D eigenvalue weighted by molar-refractivity contribution is 5.48. The lowest BCUT2D eigenvalue weighted by atomic mass is 10.2. The molecule has 0 unspecified atom stereocenters. The van der Waals surface area contributed by atoms with Gasteiger partial charge in [-0.3, -0.25) is 0 Å². The number of halogens is 1. The molecule has 2 rings (SSSR count). The first-order chi connectivity index (χ1) is 8.72. The molecule has 1 heterocycles. The van der Waals surface area contributed by atoms with Crippen LogP contribution in [0.5, 0.6) is 0 Å². The zero-order valence-corrected chi connectivity index (χ0v) is 10.2. The highest BCUT2D eigenvalue weighted by Gasteiger charge is 2.09. The number of nitrogens with zero attached hydrogens (tertiary/aromatic N) is 2. The molecule has 1 aromatic heterocycles. The van der Waals surface area contributed by atoms with Crippen LogP contribution in [0, 0.1) is 5.82 Å². The molecule has 0 bridgehead atoms. The molecular formula is C13H15FN4. The topological polar surface area (TPSA) is 63.8 Å². The molecule has 3 N–H and O–H groups in total. The Morgan fingerprint density at radius 3 is 2.78 bits per heavy atom. The molecule has 0 aliphatic rings. The summed E-state index contributed by atoms with van der Waals surface area (Å²) in [5, 5.41) is 2.94. The SMILES string of the molecule is CCc1ncnc(NCc2ccccc2N)c1F. The quantitative estimate of drug-likeness (QED) is 0.813. The highest BCUT2D eigenvalue weighted by atomic mass is 19.1. The van der Waals surface area contributed by atoms with Crippen molar-refractivity contribution in [2.75, 3.05) is 11.1 Å². The number of aromatic nitrogens is 2. The second kappa shape index (κ2) is 5.44. The van der Waals surface area contributed by atoms with E-state index in [-0.39, 0.29) is 5.82 Å². The maximum atomic E-state index is 13.9. The van der Waals surface area contributed by atoms with Crippen LogP contribution < -0.4 is 11.1 Å². The highest BCUT2D eigenvalue weighted by Crippen LogP contribution is 2.16. The molecule has 0 saturated heterocycles. The lowest BCUT2D eigenvalue weighted by Crippen LogP contribution is -2.08. The van der Waals surface area contributed by atoms with Crippen molar-refractivity contribution in [2.45, 2.75) is 19.9 Å². The monoisotopic (exact) mass is 246 g/mol. The third kappa shape index (κ3) is 2.56. The molecular weight excluding hydrogens is 231 g/mol. The van der Waals surface area contributed by atoms with Gasteiger partial charge in [0.2, 0.25) is 0 Å². The van der Waals surface area contributed by atoms with Crippen molar-refractivity contribution in [3.8, 4) is 0 Å². The van der Waals surface area contributed by atoms with Crippen LogP contribution in [-0.4, -0.2) is 9.97 Å². The smallest absolute Gasteiger partial charge is 0.186 e. The van der Waals surface area contributed by atoms with Crippen LogP contribution >= 0.6 is 0 Å². The zero-order valence-electron chi connectivity index (χ0n) is 10.2. The third-order valence-corrected chi connectivity index (χ3v) is 2.70. The van der Waals surface area contributed by atoms with Crippen LogP contribution in [0.4, 0.5) is 15.9 Å². The summed E-state index contributed by atoms with van der Waals surface area (Å²) in [4.78, 5) is 7.77. The van der Waals surface area contributed by atoms with E-state index in [0.29, 0.717) is 24.3 Å². The van der Waals surface area contributed by atoms with E-state index in [1.54, 1.807) is 0 Å². The van der Waals surface area contributed by atoms with Gasteiger partial charge in [0.05, 0.1) is 5.69 Å². The lowest BCUT2D eigenvalue weighted by molar-refractivity contribution is 0.596. The number of anilines is 2. The van der Waals surface area contributed by atoms with Gasteiger partial charge >= 0.3 is 0 Å². The first-order valence-corrected chi connectivity index (χ1v) is 5.79. The molecule has 0 aliphatic carbocycles. The fourth-order valence-corrected chi connectivity index (χ4v) is 1.65. The standard InChI is InChI=1S/C13H15FN4/c1-2-11-12(14)13(18-8-17-11)16-7-9-5-3-4-6-10(9)15/h3-6,8H,2,7,15H2,1H3,(H,16,17,18). The molecule has 0 amide bonds. The third-order valence-electron chi connectivity index (χ3n) is 2.70. The number of nitrogens with two attached hydrogens (primary N) is 1. The number of nitrogen functional groups attached to an aromatic ring is 1. The molecule has 4 nitrogen and oxygen atoms in total. The largest absolute Gasteiger partial charge is 0.398 e. The van der Waals surface area contributed by atoms with Crippen LogP contribution in [0.15, 0.2) is 30.6 Å². The molecule has 0 aliphatic heterocycles. The number of hydrogen-bond acceptors (Lipinski definition) is 4. The van der Waals surface area contributed by atoms with E-state index in [9.17, 15) is 4.39 Å². The minimum absolute atomic E-state index is 0.213. The Morgan fingerprint density at radius 2 is 2.06 bits per heavy atom. The Labute approximate surface area is 105 Å². The predicted molar refractivity (Wildman–Crippen MR) is 69.5 cm³/mol. The van der Waals surface area contributed by atoms with Gasteiger partial charge in [0.25, 0.3) is 0 Å². The molecule has 0 saturated carbocycles. The van der Waals surface area contributed by atoms with Crippen LogP contribution in [0.2, 0.25) is 0 Å². The van der Waals surface area contributed by atoms with Gasteiger partial charge in [-0.05, 0) is 18.1 Å². The first kappa shape index (κ1) is 12.3. The number of benzene rings is 1. The molecule has 0 radical (unpaired) electrons. The Morgan fingerprint density at radius 1 is 1.28 bits per heavy atom. The Balaban J connectivity index is 2.14. The van der Waals surface area contributed by atoms with Crippen LogP contribution in [0.25, 0.3) is 0 Å². The number of rotatable bonds is 4. The van der Waals surface area contributed by atoms with Crippen LogP contribution in [0.3, 0.4) is 0 Å². The second-order valence-electron chi connectivity index (χ2n) is 3.89. The minimum atomic E-state index is -0.394. The zero-order chi connectivity index (χ0) is 13.0. The van der Waals surface area contributed by atoms with Gasteiger partial charge in [-0.15, -0.1) is 0 Å². The summed E-state index contributed by atoms with van der Waals surface area (Å²) < 4.78 is 13.9. The van der Waals surface area contributed by atoms with Crippen molar-refractivity contribution < 1.29 is 4.39 Å². The minimum Gasteiger partial charge on any atom is -0.398 e. The van der Waals surface area contributed by atoms with Crippen molar-refractivity contribution in [1.82, 2.24) is 9.97 Å². The summed E-state index contributed by atoms with van der Waals surface area (Å²) in [7, 11) is 0. The van der Waals surface area contributed by atoms with Gasteiger partial charge in [-0.25, -0.2) is 14.4 Å². The summed E-state index contributed by atoms with van der Waals surface area (Å²) >= 11 is 0. The molecule has 94 valence electrons. The average molecular weight is 246 g/mol. The van der Waals surface area contributed by atoms with Crippen LogP contribution in [0.1, 0.15) is 18.2 Å². The van der Waals surface area contributed by atoms with Gasteiger partial charge in [0.1, 0.15) is 6.33 Å². The summed E-state index contributed by atoms with van der Waals surface area (Å²) in [6.07, 6.45) is 1.90. The fourth-order valence-electron chi connectivity index (χ4n) is 1.65. The molecule has 18 heavy (non-hydrogen) atoms. The fraction of sp³-hybridized carbons (Fsp3) is 0.231. The number of aryl methyl sites for hydroxylation is 1. The van der Waals surface area contributed by atoms with E-state index in [4.69, 9.17) is 5.73 Å². The van der Waals surface area contributed by atoms with E-state index < -0.39 is 5.82 Å². The van der Waals surface area contributed by atoms with Gasteiger partial charge in [-0.1, -0.05) is 25.1 Å². The van der Waals surface area contributed by atoms with E-state index in [1.165, 1.54) is 6.33 Å². The van der Waals surface area contributed by atoms with Crippen molar-refractivity contribution in [3.63, 3.8) is 0 Å². The molecule has 1 aromatic carbocycles. The Kier molecular flexibility index (Phi) is 3.72. The van der Waals surface area contributed by atoms with Crippen molar-refractivity contribution >= 4 is 11.5 Å². The van der Waals surface area contributed by atoms with Crippen molar-refractivity contribution in [3.05, 3.63) is 47.7 Å². The van der Waals surface area contributed by atoms with Crippen molar-refractivity contribution in [2.24, 2.45) is 0 Å². The maximum Gasteiger partial charge on any atom is 0.186 e. The Bertz CT molecular complexity index is 542. The number of para-hydroxylation sites is 1. The molecule has 0 fully saturated rings. The van der Waals surface area contributed by atoms with E-state index >= 15 is 0 Å². The van der Waals surface area contributed by atoms with Gasteiger partial charge in [0.15, 0.2) is 11.6 Å². The van der Waals surface area contributed by atoms with E-state index in [0.717, 1.165) is 5.56 Å². The maximum absolute atomic E-state index is 13.9. The molecule has 5 heteroatoms. The average Bonchev–Trinajstić information content (AvgIpc) is 2.39. The van der Waals surface area contributed by atoms with Crippen molar-refractivity contribution in [1.29, 1.82) is 0 Å². The van der Waals surface area contributed by atoms with Gasteiger partial charge < -0.3 is 11.1 Å². The Hall–Kier alpha value is -2.17. The van der Waals surface area contributed by atoms with Gasteiger partial charge in [-0.2, -0.15) is 0 Å². The molecule has 2 aromatic rings. The predicted octanol–water partition coefficient (Wildman–Crippen LogP) is 2.37. The first-order valence-electron chi connectivity index (χ1n) is 5.79. The van der Waals surface area contributed by atoms with Gasteiger partial charge in [0, 0.05) is 12.2 Å². The summed E-state index contributed by atoms with van der Waals surface area (Å²) in [6, 6.07) is 7.45. The number of nitrogens with one attached hydrogen (secondary N) is 1. The van der Waals surface area contributed by atoms with E-state index in [1.807, 2.05) is 31.2 Å². The molecule has 0 atom stereocenters. The summed E-state index contributed by atoms with van der Waals surface area (Å²) in [6.45, 7) is 2.29. The second-order valence-corrected chi connectivity index (χ2v) is 3.89.